The Balaban J connectivity index is 1.51. The summed E-state index contributed by atoms with van der Waals surface area (Å²) in [5, 5.41) is 14.5. The van der Waals surface area contributed by atoms with Crippen molar-refractivity contribution < 1.29 is 14.6 Å². The lowest BCUT2D eigenvalue weighted by Gasteiger charge is -2.26. The van der Waals surface area contributed by atoms with E-state index in [0.717, 1.165) is 10.8 Å². The second-order valence-electron chi connectivity index (χ2n) is 8.01. The summed E-state index contributed by atoms with van der Waals surface area (Å²) < 4.78 is 5.94. The summed E-state index contributed by atoms with van der Waals surface area (Å²) in [5.41, 5.74) is -0.266. The Morgan fingerprint density at radius 2 is 1.77 bits per heavy atom. The Hall–Kier alpha value is -3.91. The van der Waals surface area contributed by atoms with Crippen LogP contribution in [0.15, 0.2) is 64.2 Å². The number of carboxylic acids is 1. The average Bonchev–Trinajstić information content (AvgIpc) is 2.86. The Morgan fingerprint density at radius 1 is 1.09 bits per heavy atom. The van der Waals surface area contributed by atoms with Gasteiger partial charge in [-0.05, 0) is 49.1 Å². The van der Waals surface area contributed by atoms with Crippen LogP contribution in [-0.4, -0.2) is 35.2 Å². The number of aliphatic carboxylic acids is 1. The second kappa shape index (κ2) is 10.1. The van der Waals surface area contributed by atoms with Crippen LogP contribution in [0, 0.1) is 0 Å². The third kappa shape index (κ3) is 4.97. The first-order valence-electron chi connectivity index (χ1n) is 11.2. The number of carboxylic acid groups (broad SMARTS) is 1. The number of halogens is 1. The number of carbonyl (C=O) groups is 1. The van der Waals surface area contributed by atoms with Gasteiger partial charge < -0.3 is 20.1 Å². The highest BCUT2D eigenvalue weighted by atomic mass is 35.5. The monoisotopic (exact) mass is 493 g/mol. The molecule has 0 radical (unpaired) electrons. The van der Waals surface area contributed by atoms with Crippen molar-refractivity contribution in [3.63, 3.8) is 0 Å². The topological polar surface area (TPSA) is 109 Å². The Bertz CT molecular complexity index is 1440. The Morgan fingerprint density at radius 3 is 2.43 bits per heavy atom. The first-order chi connectivity index (χ1) is 16.8. The first kappa shape index (κ1) is 24.2. The standard InChI is InChI=1S/C26H24ClN3O5/c1-3-30(4-2)22-21(23(31)24(22)32)28-19(26(33)34)13-15-9-11-17(12-10-15)35-25-18-8-6-5-7-16(18)14-20(27)29-25/h5-12,14,19,28H,3-4,13H2,1-2H3,(H,33,34)/t19-/m0/s1. The van der Waals surface area contributed by atoms with Crippen molar-refractivity contribution >= 4 is 39.7 Å². The molecule has 1 aromatic heterocycles. The number of ether oxygens (including phenoxy) is 1. The molecule has 0 saturated carbocycles. The molecule has 3 aromatic carbocycles. The molecule has 0 aliphatic carbocycles. The fraction of sp³-hybridized carbons (Fsp3) is 0.231. The fourth-order valence-electron chi connectivity index (χ4n) is 3.98. The van der Waals surface area contributed by atoms with Crippen molar-refractivity contribution in [1.29, 1.82) is 0 Å². The van der Waals surface area contributed by atoms with Crippen molar-refractivity contribution in [2.75, 3.05) is 23.3 Å². The smallest absolute Gasteiger partial charge is 0.326 e. The first-order valence-corrected chi connectivity index (χ1v) is 11.6. The molecule has 0 spiro atoms. The lowest BCUT2D eigenvalue weighted by molar-refractivity contribution is -0.137. The van der Waals surface area contributed by atoms with Crippen molar-refractivity contribution in [1.82, 2.24) is 4.98 Å². The lowest BCUT2D eigenvalue weighted by Crippen LogP contribution is -2.45. The van der Waals surface area contributed by atoms with Gasteiger partial charge in [-0.1, -0.05) is 41.9 Å². The van der Waals surface area contributed by atoms with Gasteiger partial charge in [0.2, 0.25) is 5.88 Å². The number of rotatable bonds is 10. The number of pyridine rings is 1. The number of hydrogen-bond acceptors (Lipinski definition) is 7. The van der Waals surface area contributed by atoms with Gasteiger partial charge in [-0.25, -0.2) is 9.78 Å². The van der Waals surface area contributed by atoms with E-state index in [1.807, 2.05) is 38.1 Å². The summed E-state index contributed by atoms with van der Waals surface area (Å²) in [6.45, 7) is 4.80. The number of fused-ring (bicyclic) bond motifs is 1. The van der Waals surface area contributed by atoms with E-state index in [2.05, 4.69) is 10.3 Å². The molecule has 1 atom stereocenters. The van der Waals surface area contributed by atoms with Gasteiger partial charge in [0, 0.05) is 24.9 Å². The largest absolute Gasteiger partial charge is 0.480 e. The van der Waals surface area contributed by atoms with E-state index >= 15 is 0 Å². The van der Waals surface area contributed by atoms with Gasteiger partial charge in [0.25, 0.3) is 10.9 Å². The average molecular weight is 494 g/mol. The molecule has 4 rings (SSSR count). The highest BCUT2D eigenvalue weighted by Crippen LogP contribution is 2.30. The predicted octanol–water partition coefficient (Wildman–Crippen LogP) is 4.23. The summed E-state index contributed by atoms with van der Waals surface area (Å²) in [6.07, 6.45) is 0.102. The van der Waals surface area contributed by atoms with Crippen LogP contribution in [0.1, 0.15) is 19.4 Å². The Labute approximate surface area is 206 Å². The molecule has 0 fully saturated rings. The summed E-state index contributed by atoms with van der Waals surface area (Å²) in [5.74, 6) is -0.242. The Kier molecular flexibility index (Phi) is 7.02. The van der Waals surface area contributed by atoms with Crippen molar-refractivity contribution in [2.45, 2.75) is 26.3 Å². The van der Waals surface area contributed by atoms with Crippen LogP contribution in [-0.2, 0) is 11.2 Å². The van der Waals surface area contributed by atoms with Crippen LogP contribution in [0.4, 0.5) is 11.4 Å². The summed E-state index contributed by atoms with van der Waals surface area (Å²) in [7, 11) is 0. The minimum Gasteiger partial charge on any atom is -0.480 e. The van der Waals surface area contributed by atoms with Crippen LogP contribution < -0.4 is 25.8 Å². The van der Waals surface area contributed by atoms with E-state index < -0.39 is 22.9 Å². The maximum Gasteiger partial charge on any atom is 0.326 e. The SMILES string of the molecule is CCN(CC)c1c(N[C@@H](Cc2ccc(Oc3nc(Cl)cc4ccccc34)cc2)C(=O)O)c(=O)c1=O. The van der Waals surface area contributed by atoms with Gasteiger partial charge in [-0.3, -0.25) is 9.59 Å². The van der Waals surface area contributed by atoms with Crippen LogP contribution in [0.2, 0.25) is 5.15 Å². The van der Waals surface area contributed by atoms with Crippen LogP contribution >= 0.6 is 11.6 Å². The third-order valence-corrected chi connectivity index (χ3v) is 6.03. The highest BCUT2D eigenvalue weighted by Gasteiger charge is 2.29. The third-order valence-electron chi connectivity index (χ3n) is 5.83. The number of nitrogens with one attached hydrogen (secondary N) is 1. The molecular formula is C26H24ClN3O5. The minimum absolute atomic E-state index is 0.0602. The van der Waals surface area contributed by atoms with Gasteiger partial charge in [-0.2, -0.15) is 0 Å². The van der Waals surface area contributed by atoms with Gasteiger partial charge in [0.1, 0.15) is 28.3 Å². The predicted molar refractivity (Wildman–Crippen MR) is 137 cm³/mol. The van der Waals surface area contributed by atoms with E-state index in [0.29, 0.717) is 35.4 Å². The summed E-state index contributed by atoms with van der Waals surface area (Å²) in [4.78, 5) is 42.1. The van der Waals surface area contributed by atoms with Crippen LogP contribution in [0.3, 0.4) is 0 Å². The maximum absolute atomic E-state index is 12.1. The van der Waals surface area contributed by atoms with Gasteiger partial charge in [-0.15, -0.1) is 0 Å². The number of benzene rings is 2. The van der Waals surface area contributed by atoms with E-state index in [-0.39, 0.29) is 17.8 Å². The van der Waals surface area contributed by atoms with Crippen LogP contribution in [0.5, 0.6) is 11.6 Å². The molecule has 1 heterocycles. The summed E-state index contributed by atoms with van der Waals surface area (Å²) in [6, 6.07) is 15.2. The maximum atomic E-state index is 12.1. The van der Waals surface area contributed by atoms with Crippen LogP contribution in [0.25, 0.3) is 10.8 Å². The van der Waals surface area contributed by atoms with Gasteiger partial charge >= 0.3 is 5.97 Å². The number of hydrogen-bond donors (Lipinski definition) is 2. The number of nitrogens with zero attached hydrogens (tertiary/aromatic N) is 2. The molecule has 0 aliphatic heterocycles. The molecule has 0 amide bonds. The van der Waals surface area contributed by atoms with Crippen molar-refractivity contribution in [2.24, 2.45) is 0 Å². The molecular weight excluding hydrogens is 470 g/mol. The normalized spacial score (nSPS) is 12.0. The number of aromatic nitrogens is 1. The molecule has 180 valence electrons. The fourth-order valence-corrected chi connectivity index (χ4v) is 4.18. The molecule has 0 bridgehead atoms. The van der Waals surface area contributed by atoms with Gasteiger partial charge in [0.05, 0.1) is 0 Å². The number of anilines is 2. The van der Waals surface area contributed by atoms with Crippen molar-refractivity contribution in [3.8, 4) is 11.6 Å². The second-order valence-corrected chi connectivity index (χ2v) is 8.40. The molecule has 9 heteroatoms. The van der Waals surface area contributed by atoms with E-state index in [4.69, 9.17) is 16.3 Å². The molecule has 4 aromatic rings. The molecule has 2 N–H and O–H groups in total. The molecule has 0 aliphatic rings. The minimum atomic E-state index is -1.13. The molecule has 35 heavy (non-hydrogen) atoms. The summed E-state index contributed by atoms with van der Waals surface area (Å²) >= 11 is 6.12. The highest BCUT2D eigenvalue weighted by molar-refractivity contribution is 6.30. The zero-order valence-electron chi connectivity index (χ0n) is 19.2. The molecule has 0 saturated heterocycles. The quantitative estimate of drug-likeness (QED) is 0.249. The van der Waals surface area contributed by atoms with E-state index in [1.54, 1.807) is 35.2 Å². The zero-order chi connectivity index (χ0) is 25.1. The molecule has 8 nitrogen and oxygen atoms in total. The van der Waals surface area contributed by atoms with Crippen molar-refractivity contribution in [3.05, 3.63) is 85.8 Å². The van der Waals surface area contributed by atoms with E-state index in [9.17, 15) is 19.5 Å². The molecule has 0 unspecified atom stereocenters. The zero-order valence-corrected chi connectivity index (χ0v) is 20.0. The lowest BCUT2D eigenvalue weighted by atomic mass is 10.0. The van der Waals surface area contributed by atoms with Gasteiger partial charge in [0.15, 0.2) is 0 Å². The van der Waals surface area contributed by atoms with E-state index in [1.165, 1.54) is 0 Å².